The summed E-state index contributed by atoms with van der Waals surface area (Å²) in [5.74, 6) is 0.350. The first-order chi connectivity index (χ1) is 9.20. The summed E-state index contributed by atoms with van der Waals surface area (Å²) >= 11 is 0. The predicted octanol–water partition coefficient (Wildman–Crippen LogP) is 4.02. The number of rotatable bonds is 2. The third kappa shape index (κ3) is 1.81. The highest BCUT2D eigenvalue weighted by Gasteiger charge is 2.15. The first-order valence-corrected chi connectivity index (χ1v) is 6.09. The van der Waals surface area contributed by atoms with Gasteiger partial charge >= 0.3 is 0 Å². The van der Waals surface area contributed by atoms with E-state index in [1.807, 2.05) is 56.4 Å². The third-order valence-electron chi connectivity index (χ3n) is 3.23. The second kappa shape index (κ2) is 4.31. The standard InChI is InChI=1S/C15H13N3O/c1-10-5-7-12(8-6-10)13-15(17-19)18-9-3-4-11(2)14(18)16-13/h3-9H,1-2H3. The Morgan fingerprint density at radius 1 is 1.11 bits per heavy atom. The van der Waals surface area contributed by atoms with E-state index in [0.717, 1.165) is 16.8 Å². The average molecular weight is 251 g/mol. The van der Waals surface area contributed by atoms with Gasteiger partial charge in [-0.3, -0.25) is 4.40 Å². The number of hydrogen-bond donors (Lipinski definition) is 0. The summed E-state index contributed by atoms with van der Waals surface area (Å²) in [5.41, 5.74) is 4.50. The average Bonchev–Trinajstić information content (AvgIpc) is 2.79. The van der Waals surface area contributed by atoms with E-state index in [1.165, 1.54) is 5.56 Å². The number of fused-ring (bicyclic) bond motifs is 1. The van der Waals surface area contributed by atoms with Crippen molar-refractivity contribution in [2.24, 2.45) is 5.18 Å². The summed E-state index contributed by atoms with van der Waals surface area (Å²) in [6, 6.07) is 11.8. The number of nitroso groups, excluding NO2 is 1. The van der Waals surface area contributed by atoms with Gasteiger partial charge in [0.05, 0.1) is 0 Å². The zero-order valence-corrected chi connectivity index (χ0v) is 10.8. The van der Waals surface area contributed by atoms with Crippen molar-refractivity contribution in [2.45, 2.75) is 13.8 Å². The number of aromatic nitrogens is 2. The van der Waals surface area contributed by atoms with E-state index in [2.05, 4.69) is 10.2 Å². The molecule has 0 fully saturated rings. The zero-order chi connectivity index (χ0) is 13.4. The molecule has 1 aromatic carbocycles. The molecule has 0 atom stereocenters. The number of aryl methyl sites for hydroxylation is 2. The highest BCUT2D eigenvalue weighted by molar-refractivity contribution is 5.75. The van der Waals surface area contributed by atoms with Gasteiger partial charge in [0.15, 0.2) is 0 Å². The molecule has 4 heteroatoms. The molecule has 2 aromatic heterocycles. The number of pyridine rings is 1. The fourth-order valence-electron chi connectivity index (χ4n) is 2.18. The van der Waals surface area contributed by atoms with Crippen molar-refractivity contribution in [3.05, 3.63) is 58.6 Å². The second-order valence-corrected chi connectivity index (χ2v) is 4.63. The van der Waals surface area contributed by atoms with Crippen LogP contribution in [0, 0.1) is 18.8 Å². The van der Waals surface area contributed by atoms with E-state index in [-0.39, 0.29) is 0 Å². The van der Waals surface area contributed by atoms with E-state index in [1.54, 1.807) is 4.40 Å². The van der Waals surface area contributed by atoms with Crippen molar-refractivity contribution < 1.29 is 0 Å². The third-order valence-corrected chi connectivity index (χ3v) is 3.23. The lowest BCUT2D eigenvalue weighted by atomic mass is 10.1. The maximum absolute atomic E-state index is 11.1. The van der Waals surface area contributed by atoms with Crippen LogP contribution in [0.5, 0.6) is 0 Å². The van der Waals surface area contributed by atoms with E-state index in [0.29, 0.717) is 11.5 Å². The highest BCUT2D eigenvalue weighted by Crippen LogP contribution is 2.31. The molecule has 2 heterocycles. The smallest absolute Gasteiger partial charge is 0.209 e. The lowest BCUT2D eigenvalue weighted by Gasteiger charge is -1.98. The molecule has 0 saturated carbocycles. The summed E-state index contributed by atoms with van der Waals surface area (Å²) < 4.78 is 1.73. The van der Waals surface area contributed by atoms with E-state index >= 15 is 0 Å². The Hall–Kier alpha value is -2.49. The van der Waals surface area contributed by atoms with Crippen molar-refractivity contribution in [3.8, 4) is 11.3 Å². The maximum atomic E-state index is 11.1. The van der Waals surface area contributed by atoms with Crippen LogP contribution in [0.3, 0.4) is 0 Å². The number of nitrogens with zero attached hydrogens (tertiary/aromatic N) is 3. The van der Waals surface area contributed by atoms with Crippen LogP contribution in [0.1, 0.15) is 11.1 Å². The van der Waals surface area contributed by atoms with Gasteiger partial charge in [-0.1, -0.05) is 35.9 Å². The van der Waals surface area contributed by atoms with Gasteiger partial charge in [0.1, 0.15) is 11.3 Å². The first-order valence-electron chi connectivity index (χ1n) is 6.09. The fourth-order valence-corrected chi connectivity index (χ4v) is 2.18. The minimum Gasteiger partial charge on any atom is -0.281 e. The lowest BCUT2D eigenvalue weighted by Crippen LogP contribution is -1.85. The van der Waals surface area contributed by atoms with Gasteiger partial charge in [-0.05, 0) is 30.7 Å². The van der Waals surface area contributed by atoms with Crippen LogP contribution in [-0.2, 0) is 0 Å². The molecule has 3 aromatic rings. The first kappa shape index (κ1) is 11.6. The van der Waals surface area contributed by atoms with E-state index in [4.69, 9.17) is 0 Å². The maximum Gasteiger partial charge on any atom is 0.209 e. The Labute approximate surface area is 110 Å². The van der Waals surface area contributed by atoms with Gasteiger partial charge in [-0.2, -0.15) is 0 Å². The minimum absolute atomic E-state index is 0.350. The molecule has 0 radical (unpaired) electrons. The van der Waals surface area contributed by atoms with Crippen LogP contribution >= 0.6 is 0 Å². The number of benzene rings is 1. The normalized spacial score (nSPS) is 10.8. The summed E-state index contributed by atoms with van der Waals surface area (Å²) in [6.45, 7) is 3.99. The topological polar surface area (TPSA) is 46.7 Å². The van der Waals surface area contributed by atoms with Gasteiger partial charge in [-0.15, -0.1) is 4.91 Å². The monoisotopic (exact) mass is 251 g/mol. The van der Waals surface area contributed by atoms with Crippen LogP contribution in [0.15, 0.2) is 47.8 Å². The Morgan fingerprint density at radius 2 is 1.84 bits per heavy atom. The highest BCUT2D eigenvalue weighted by atomic mass is 16.3. The van der Waals surface area contributed by atoms with Gasteiger partial charge in [0.25, 0.3) is 0 Å². The number of hydrogen-bond acceptors (Lipinski definition) is 3. The number of imidazole rings is 1. The van der Waals surface area contributed by atoms with Crippen LogP contribution in [0.4, 0.5) is 5.82 Å². The molecule has 0 aliphatic heterocycles. The predicted molar refractivity (Wildman–Crippen MR) is 75.6 cm³/mol. The Kier molecular flexibility index (Phi) is 2.63. The largest absolute Gasteiger partial charge is 0.281 e. The van der Waals surface area contributed by atoms with Crippen LogP contribution in [0.25, 0.3) is 16.9 Å². The summed E-state index contributed by atoms with van der Waals surface area (Å²) in [7, 11) is 0. The van der Waals surface area contributed by atoms with E-state index < -0.39 is 0 Å². The Morgan fingerprint density at radius 3 is 2.53 bits per heavy atom. The summed E-state index contributed by atoms with van der Waals surface area (Å²) in [4.78, 5) is 15.7. The minimum atomic E-state index is 0.350. The molecule has 0 N–H and O–H groups in total. The molecular weight excluding hydrogens is 238 g/mol. The zero-order valence-electron chi connectivity index (χ0n) is 10.8. The molecule has 19 heavy (non-hydrogen) atoms. The molecule has 0 saturated heterocycles. The quantitative estimate of drug-likeness (QED) is 0.646. The van der Waals surface area contributed by atoms with Gasteiger partial charge in [0, 0.05) is 11.8 Å². The van der Waals surface area contributed by atoms with Gasteiger partial charge in [-0.25, -0.2) is 4.98 Å². The Bertz CT molecular complexity index is 757. The molecule has 0 spiro atoms. The lowest BCUT2D eigenvalue weighted by molar-refractivity contribution is 1.14. The van der Waals surface area contributed by atoms with Crippen molar-refractivity contribution in [2.75, 3.05) is 0 Å². The van der Waals surface area contributed by atoms with Gasteiger partial charge in [0.2, 0.25) is 5.82 Å². The molecule has 0 aliphatic carbocycles. The molecule has 0 bridgehead atoms. The van der Waals surface area contributed by atoms with Crippen molar-refractivity contribution in [3.63, 3.8) is 0 Å². The van der Waals surface area contributed by atoms with Gasteiger partial charge < -0.3 is 0 Å². The van der Waals surface area contributed by atoms with Crippen LogP contribution in [0.2, 0.25) is 0 Å². The molecule has 0 aliphatic rings. The SMILES string of the molecule is Cc1ccc(-c2nc3c(C)cccn3c2N=O)cc1. The van der Waals surface area contributed by atoms with Crippen molar-refractivity contribution in [1.29, 1.82) is 0 Å². The van der Waals surface area contributed by atoms with Crippen molar-refractivity contribution in [1.82, 2.24) is 9.38 Å². The molecule has 4 nitrogen and oxygen atoms in total. The van der Waals surface area contributed by atoms with Crippen LogP contribution in [-0.4, -0.2) is 9.38 Å². The molecule has 3 rings (SSSR count). The molecular formula is C15H13N3O. The fraction of sp³-hybridized carbons (Fsp3) is 0.133. The molecule has 94 valence electrons. The van der Waals surface area contributed by atoms with E-state index in [9.17, 15) is 4.91 Å². The van der Waals surface area contributed by atoms with Crippen LogP contribution < -0.4 is 0 Å². The molecule has 0 unspecified atom stereocenters. The summed E-state index contributed by atoms with van der Waals surface area (Å²) in [6.07, 6.45) is 1.81. The van der Waals surface area contributed by atoms with Crippen molar-refractivity contribution >= 4 is 11.5 Å². The Balaban J connectivity index is 2.32. The molecule has 0 amide bonds. The second-order valence-electron chi connectivity index (χ2n) is 4.63. The summed E-state index contributed by atoms with van der Waals surface area (Å²) in [5, 5.41) is 3.15.